The Morgan fingerprint density at radius 1 is 0.459 bits per heavy atom. The number of nitrogens with zero attached hydrogens (tertiary/aromatic N) is 4. The summed E-state index contributed by atoms with van der Waals surface area (Å²) in [7, 11) is -3.04. The Hall–Kier alpha value is -8.54. The van der Waals surface area contributed by atoms with Crippen molar-refractivity contribution in [3.63, 3.8) is 0 Å². The van der Waals surface area contributed by atoms with E-state index in [1.807, 2.05) is 61.4 Å². The zero-order valence-electron chi connectivity index (χ0n) is 54.4. The molecule has 0 atom stereocenters. The molecule has 11 aromatic rings. The Labute approximate surface area is 525 Å². The van der Waals surface area contributed by atoms with Gasteiger partial charge in [-0.2, -0.15) is 12.1 Å². The van der Waals surface area contributed by atoms with Crippen LogP contribution in [0.4, 0.5) is 39.9 Å². The van der Waals surface area contributed by atoms with Crippen LogP contribution in [-0.2, 0) is 37.3 Å². The van der Waals surface area contributed by atoms with Gasteiger partial charge in [0.2, 0.25) is 0 Å². The Morgan fingerprint density at radius 2 is 1.04 bits per heavy atom. The van der Waals surface area contributed by atoms with Gasteiger partial charge in [-0.1, -0.05) is 254 Å². The number of benzene rings is 10. The summed E-state index contributed by atoms with van der Waals surface area (Å²) in [6.45, 7) is 22.0. The number of hydrogen-bond donors (Lipinski definition) is 0. The molecule has 0 fully saturated rings. The first-order chi connectivity index (χ1) is 42.6. The fraction of sp³-hybridized carbons (Fsp3) is 0.154. The van der Waals surface area contributed by atoms with Crippen LogP contribution in [0.15, 0.2) is 249 Å². The molecule has 0 saturated carbocycles. The maximum atomic E-state index is 9.40. The van der Waals surface area contributed by atoms with Crippen molar-refractivity contribution >= 4 is 68.8 Å². The Balaban J connectivity index is 0.00000785. The first-order valence-electron chi connectivity index (χ1n) is 31.3. The van der Waals surface area contributed by atoms with Gasteiger partial charge in [0.05, 0.1) is 6.85 Å². The van der Waals surface area contributed by atoms with Crippen LogP contribution in [0.25, 0.3) is 33.4 Å². The van der Waals surface area contributed by atoms with Gasteiger partial charge in [0.25, 0.3) is 0 Å². The van der Waals surface area contributed by atoms with E-state index in [4.69, 9.17) is 13.8 Å². The van der Waals surface area contributed by atoms with Gasteiger partial charge < -0.3 is 19.4 Å². The third-order valence-corrected chi connectivity index (χ3v) is 21.3. The molecule has 2 aliphatic heterocycles. The minimum absolute atomic E-state index is 0. The molecule has 424 valence electrons. The second kappa shape index (κ2) is 22.5. The zero-order valence-corrected chi connectivity index (χ0v) is 52.6. The van der Waals surface area contributed by atoms with Crippen LogP contribution in [0.2, 0.25) is 0 Å². The van der Waals surface area contributed by atoms with Gasteiger partial charge in [-0.3, -0.25) is 0 Å². The molecule has 7 heteroatoms. The summed E-state index contributed by atoms with van der Waals surface area (Å²) in [4.78, 5) is 11.5. The Morgan fingerprint density at radius 3 is 1.69 bits per heavy atom. The molecule has 0 radical (unpaired) electrons. The van der Waals surface area contributed by atoms with E-state index in [1.54, 1.807) is 0 Å². The summed E-state index contributed by atoms with van der Waals surface area (Å²) < 4.78 is 52.2. The molecule has 0 unspecified atom stereocenters. The van der Waals surface area contributed by atoms with Crippen molar-refractivity contribution in [3.05, 3.63) is 284 Å². The SMILES string of the molecule is [2H]c1c([2H])c([2H])c(-c2cccc(-c3cc(-c4ccc(C(C)(C)C)cc4)cc(C(C)(C)C)c3)c2N2[CH-]N(c3[c-]c(Oc4[c-]c5c(cc4)[Si](c4ccccc4)(c4ccccc4)c4ccccc4N5c4cc(C(C)(C)C)ccn4)ccc3)c3ccccc32)c([2H])c1[2H].[Pt]. The van der Waals surface area contributed by atoms with Crippen LogP contribution >= 0.6 is 0 Å². The van der Waals surface area contributed by atoms with E-state index in [0.717, 1.165) is 67.1 Å². The molecular formula is C78H69N4OPtSi-3. The average Bonchev–Trinajstić information content (AvgIpc) is 0.797. The van der Waals surface area contributed by atoms with Crippen molar-refractivity contribution in [2.24, 2.45) is 0 Å². The standard InChI is InChI=1S/C78H69N4OSi.Pt/c1-76(2,3)58-41-39-54(40-42-58)56-47-57(49-60(48-56)78(7,8)9)67-34-24-33-66(55-25-13-10-14-26-55)75(67)81-53-80(68-35-19-20-36-69(68)81)61-27-23-28-62(51-61)83-63-43-44-73-71(52-63)82(74-50-59(45-46-79-74)77(4,5)6)70-37-21-22-38-72(70)84(73,64-29-15-11-16-30-64)65-31-17-12-18-32-65;/h10-50,53H,1-9H3;/q-3;/i10D,13D,14D,25D,26D;. The summed E-state index contributed by atoms with van der Waals surface area (Å²) in [6, 6.07) is 80.2. The van der Waals surface area contributed by atoms with Crippen molar-refractivity contribution < 1.29 is 32.7 Å². The minimum atomic E-state index is -3.04. The van der Waals surface area contributed by atoms with Crippen LogP contribution in [-0.4, -0.2) is 13.1 Å². The van der Waals surface area contributed by atoms with Gasteiger partial charge >= 0.3 is 0 Å². The predicted octanol–water partition coefficient (Wildman–Crippen LogP) is 17.9. The van der Waals surface area contributed by atoms with E-state index in [9.17, 15) is 2.74 Å². The van der Waals surface area contributed by atoms with Gasteiger partial charge in [0.15, 0.2) is 0 Å². The molecular weight excluding hydrogens is 1230 g/mol. The zero-order chi connectivity index (χ0) is 62.3. The summed E-state index contributed by atoms with van der Waals surface area (Å²) in [5.74, 6) is 1.76. The molecule has 5 nitrogen and oxygen atoms in total. The molecule has 10 aromatic carbocycles. The van der Waals surface area contributed by atoms with Crippen LogP contribution in [0.3, 0.4) is 0 Å². The number of ether oxygens (including phenoxy) is 1. The van der Waals surface area contributed by atoms with Crippen molar-refractivity contribution in [2.75, 3.05) is 14.7 Å². The van der Waals surface area contributed by atoms with E-state index < -0.39 is 26.2 Å². The third kappa shape index (κ3) is 10.5. The fourth-order valence-corrected chi connectivity index (χ4v) is 17.1. The van der Waals surface area contributed by atoms with Gasteiger partial charge in [-0.05, 0) is 96.8 Å². The number of anilines is 7. The molecule has 0 saturated heterocycles. The van der Waals surface area contributed by atoms with Crippen molar-refractivity contribution in [1.29, 1.82) is 0 Å². The molecule has 13 rings (SSSR count). The monoisotopic (exact) mass is 1310 g/mol. The minimum Gasteiger partial charge on any atom is -0.509 e. The number of para-hydroxylation sites is 4. The number of aromatic nitrogens is 1. The van der Waals surface area contributed by atoms with E-state index in [0.29, 0.717) is 28.4 Å². The van der Waals surface area contributed by atoms with Crippen LogP contribution in [0, 0.1) is 18.8 Å². The summed E-state index contributed by atoms with van der Waals surface area (Å²) in [5.41, 5.74) is 12.4. The first kappa shape index (κ1) is 50.9. The summed E-state index contributed by atoms with van der Waals surface area (Å²) in [5, 5.41) is 4.91. The number of fused-ring (bicyclic) bond motifs is 3. The van der Waals surface area contributed by atoms with Crippen molar-refractivity contribution in [3.8, 4) is 44.9 Å². The van der Waals surface area contributed by atoms with Crippen LogP contribution in [0.1, 0.15) is 85.9 Å². The topological polar surface area (TPSA) is 31.8 Å². The van der Waals surface area contributed by atoms with E-state index >= 15 is 0 Å². The molecule has 85 heavy (non-hydrogen) atoms. The van der Waals surface area contributed by atoms with E-state index in [2.05, 4.69) is 253 Å². The quantitative estimate of drug-likeness (QED) is 0.101. The summed E-state index contributed by atoms with van der Waals surface area (Å²) in [6.07, 6.45) is 1.91. The van der Waals surface area contributed by atoms with Crippen molar-refractivity contribution in [1.82, 2.24) is 4.98 Å². The Kier molecular flexibility index (Phi) is 13.5. The van der Waals surface area contributed by atoms with E-state index in [-0.39, 0.29) is 55.0 Å². The van der Waals surface area contributed by atoms with Crippen LogP contribution in [0.5, 0.6) is 11.5 Å². The first-order valence-corrected chi connectivity index (χ1v) is 30.8. The Bertz CT molecular complexity index is 4470. The van der Waals surface area contributed by atoms with Gasteiger partial charge in [0, 0.05) is 72.6 Å². The van der Waals surface area contributed by atoms with Gasteiger partial charge in [-0.25, -0.2) is 4.98 Å². The normalized spacial score (nSPS) is 14.4. The summed E-state index contributed by atoms with van der Waals surface area (Å²) >= 11 is 0. The van der Waals surface area contributed by atoms with Crippen molar-refractivity contribution in [2.45, 2.75) is 78.6 Å². The maximum absolute atomic E-state index is 9.40. The molecule has 0 aliphatic carbocycles. The molecule has 2 aliphatic rings. The van der Waals surface area contributed by atoms with Crippen LogP contribution < -0.4 is 40.2 Å². The molecule has 3 heterocycles. The molecule has 0 spiro atoms. The number of rotatable bonds is 10. The van der Waals surface area contributed by atoms with Gasteiger partial charge in [0.1, 0.15) is 13.9 Å². The second-order valence-corrected chi connectivity index (χ2v) is 28.7. The van der Waals surface area contributed by atoms with Gasteiger partial charge in [-0.15, -0.1) is 47.9 Å². The fourth-order valence-electron chi connectivity index (χ4n) is 12.1. The molecule has 0 amide bonds. The van der Waals surface area contributed by atoms with E-state index in [1.165, 1.54) is 21.1 Å². The number of pyridine rings is 1. The second-order valence-electron chi connectivity index (χ2n) is 25.0. The molecule has 1 aromatic heterocycles. The predicted molar refractivity (Wildman–Crippen MR) is 354 cm³/mol. The number of hydrogen-bond acceptors (Lipinski definition) is 5. The maximum Gasteiger partial charge on any atom is 0.135 e. The third-order valence-electron chi connectivity index (χ3n) is 16.4. The largest absolute Gasteiger partial charge is 0.509 e. The molecule has 0 bridgehead atoms. The molecule has 0 N–H and O–H groups in total. The smallest absolute Gasteiger partial charge is 0.135 e. The average molecular weight is 1310 g/mol.